The minimum Gasteiger partial charge on any atom is -0.481 e. The summed E-state index contributed by atoms with van der Waals surface area (Å²) in [7, 11) is 1.96. The van der Waals surface area contributed by atoms with Crippen LogP contribution in [-0.4, -0.2) is 60.0 Å². The molecule has 0 saturated carbocycles. The average molecular weight is 258 g/mol. The Morgan fingerprint density at radius 2 is 1.50 bits per heavy atom. The van der Waals surface area contributed by atoms with Crippen molar-refractivity contribution in [1.29, 1.82) is 0 Å². The summed E-state index contributed by atoms with van der Waals surface area (Å²) in [6.45, 7) is 7.12. The van der Waals surface area contributed by atoms with E-state index in [2.05, 4.69) is 4.90 Å². The van der Waals surface area contributed by atoms with Crippen molar-refractivity contribution in [3.63, 3.8) is 0 Å². The molecule has 0 aliphatic rings. The van der Waals surface area contributed by atoms with Crippen molar-refractivity contribution in [1.82, 2.24) is 9.80 Å². The average Bonchev–Trinajstić information content (AvgIpc) is 2.30. The summed E-state index contributed by atoms with van der Waals surface area (Å²) in [5, 5.41) is 8.52. The summed E-state index contributed by atoms with van der Waals surface area (Å²) in [6.07, 6.45) is 2.28. The van der Waals surface area contributed by atoms with Gasteiger partial charge in [0.25, 0.3) is 0 Å². The molecule has 1 amide bonds. The lowest BCUT2D eigenvalue weighted by atomic mass is 10.2. The number of rotatable bonds is 10. The molecule has 0 aromatic rings. The van der Waals surface area contributed by atoms with Crippen LogP contribution in [0.5, 0.6) is 0 Å². The first-order chi connectivity index (χ1) is 8.51. The number of aliphatic carboxylic acids is 1. The number of carbonyl (C=O) groups excluding carboxylic acids is 1. The van der Waals surface area contributed by atoms with Crippen LogP contribution in [0, 0.1) is 0 Å². The molecule has 0 aliphatic carbocycles. The fourth-order valence-corrected chi connectivity index (χ4v) is 1.85. The van der Waals surface area contributed by atoms with Gasteiger partial charge in [-0.05, 0) is 46.8 Å². The number of carboxylic acid groups (broad SMARTS) is 1. The van der Waals surface area contributed by atoms with E-state index in [0.29, 0.717) is 12.8 Å². The van der Waals surface area contributed by atoms with E-state index in [1.165, 1.54) is 0 Å². The zero-order valence-electron chi connectivity index (χ0n) is 11.8. The third kappa shape index (κ3) is 8.06. The lowest BCUT2D eigenvalue weighted by Crippen LogP contribution is -2.31. The highest BCUT2D eigenvalue weighted by Crippen LogP contribution is 2.00. The van der Waals surface area contributed by atoms with Gasteiger partial charge < -0.3 is 14.9 Å². The zero-order chi connectivity index (χ0) is 14.0. The highest BCUT2D eigenvalue weighted by Gasteiger charge is 2.09. The van der Waals surface area contributed by atoms with Crippen LogP contribution in [0.4, 0.5) is 0 Å². The molecule has 0 radical (unpaired) electrons. The molecule has 0 heterocycles. The van der Waals surface area contributed by atoms with Gasteiger partial charge in [-0.1, -0.05) is 0 Å². The molecule has 0 spiro atoms. The molecule has 5 heteroatoms. The SMILES string of the molecule is CCN(CC)C(=O)CCCN(C)CCCC(=O)O. The Bertz CT molecular complexity index is 253. The normalized spacial score (nSPS) is 10.7. The molecule has 0 fully saturated rings. The van der Waals surface area contributed by atoms with Gasteiger partial charge in [0.05, 0.1) is 0 Å². The van der Waals surface area contributed by atoms with Crippen molar-refractivity contribution in [2.45, 2.75) is 39.5 Å². The molecule has 0 aliphatic heterocycles. The van der Waals surface area contributed by atoms with Gasteiger partial charge >= 0.3 is 5.97 Å². The van der Waals surface area contributed by atoms with Crippen molar-refractivity contribution in [3.05, 3.63) is 0 Å². The summed E-state index contributed by atoms with van der Waals surface area (Å²) >= 11 is 0. The number of hydrogen-bond donors (Lipinski definition) is 1. The molecule has 18 heavy (non-hydrogen) atoms. The molecule has 5 nitrogen and oxygen atoms in total. The quantitative estimate of drug-likeness (QED) is 0.644. The molecule has 0 aromatic heterocycles. The Balaban J connectivity index is 3.64. The van der Waals surface area contributed by atoms with Crippen molar-refractivity contribution in [2.75, 3.05) is 33.2 Å². The second-order valence-corrected chi connectivity index (χ2v) is 4.47. The molecule has 0 saturated heterocycles. The Hall–Kier alpha value is -1.10. The van der Waals surface area contributed by atoms with Crippen LogP contribution in [-0.2, 0) is 9.59 Å². The Kier molecular flexibility index (Phi) is 9.28. The fourth-order valence-electron chi connectivity index (χ4n) is 1.85. The number of hydrogen-bond acceptors (Lipinski definition) is 3. The van der Waals surface area contributed by atoms with Crippen LogP contribution in [0.3, 0.4) is 0 Å². The van der Waals surface area contributed by atoms with Gasteiger partial charge in [0.2, 0.25) is 5.91 Å². The molecule has 0 bridgehead atoms. The van der Waals surface area contributed by atoms with E-state index in [-0.39, 0.29) is 12.3 Å². The van der Waals surface area contributed by atoms with Crippen LogP contribution < -0.4 is 0 Å². The highest BCUT2D eigenvalue weighted by molar-refractivity contribution is 5.76. The standard InChI is InChI=1S/C13H26N2O3/c1-4-15(5-2)12(16)8-6-10-14(3)11-7-9-13(17)18/h4-11H2,1-3H3,(H,17,18). The van der Waals surface area contributed by atoms with E-state index >= 15 is 0 Å². The van der Waals surface area contributed by atoms with Gasteiger partial charge in [-0.15, -0.1) is 0 Å². The van der Waals surface area contributed by atoms with Gasteiger partial charge in [-0.25, -0.2) is 0 Å². The Labute approximate surface area is 110 Å². The van der Waals surface area contributed by atoms with Crippen LogP contribution in [0.1, 0.15) is 39.5 Å². The van der Waals surface area contributed by atoms with E-state index in [1.54, 1.807) is 0 Å². The molecule has 106 valence electrons. The second-order valence-electron chi connectivity index (χ2n) is 4.47. The molecule has 0 rings (SSSR count). The predicted octanol–water partition coefficient (Wildman–Crippen LogP) is 1.43. The summed E-state index contributed by atoms with van der Waals surface area (Å²) in [5.41, 5.74) is 0. The minimum absolute atomic E-state index is 0.207. The smallest absolute Gasteiger partial charge is 0.303 e. The van der Waals surface area contributed by atoms with E-state index in [1.807, 2.05) is 25.8 Å². The lowest BCUT2D eigenvalue weighted by molar-refractivity contribution is -0.137. The summed E-state index contributed by atoms with van der Waals surface area (Å²) in [6, 6.07) is 0. The first-order valence-electron chi connectivity index (χ1n) is 6.69. The van der Waals surface area contributed by atoms with Crippen LogP contribution in [0.15, 0.2) is 0 Å². The van der Waals surface area contributed by atoms with Crippen molar-refractivity contribution in [3.8, 4) is 0 Å². The molecular formula is C13H26N2O3. The van der Waals surface area contributed by atoms with Crippen molar-refractivity contribution in [2.24, 2.45) is 0 Å². The summed E-state index contributed by atoms with van der Waals surface area (Å²) in [5.74, 6) is -0.543. The van der Waals surface area contributed by atoms with E-state index in [4.69, 9.17) is 5.11 Å². The van der Waals surface area contributed by atoms with Gasteiger partial charge in [0.1, 0.15) is 0 Å². The summed E-state index contributed by atoms with van der Waals surface area (Å²) < 4.78 is 0. The van der Waals surface area contributed by atoms with E-state index in [0.717, 1.165) is 32.6 Å². The third-order valence-corrected chi connectivity index (χ3v) is 2.98. The minimum atomic E-state index is -0.750. The molecule has 0 aromatic carbocycles. The topological polar surface area (TPSA) is 60.9 Å². The monoisotopic (exact) mass is 258 g/mol. The zero-order valence-corrected chi connectivity index (χ0v) is 11.8. The fraction of sp³-hybridized carbons (Fsp3) is 0.846. The highest BCUT2D eigenvalue weighted by atomic mass is 16.4. The van der Waals surface area contributed by atoms with Gasteiger partial charge in [0, 0.05) is 25.9 Å². The number of amides is 1. The molecule has 0 atom stereocenters. The van der Waals surface area contributed by atoms with Crippen LogP contribution in [0.2, 0.25) is 0 Å². The van der Waals surface area contributed by atoms with Crippen molar-refractivity contribution < 1.29 is 14.7 Å². The van der Waals surface area contributed by atoms with Crippen LogP contribution in [0.25, 0.3) is 0 Å². The van der Waals surface area contributed by atoms with E-state index < -0.39 is 5.97 Å². The number of carbonyl (C=O) groups is 2. The molecular weight excluding hydrogens is 232 g/mol. The maximum atomic E-state index is 11.7. The molecule has 1 N–H and O–H groups in total. The van der Waals surface area contributed by atoms with Gasteiger partial charge in [0.15, 0.2) is 0 Å². The summed E-state index contributed by atoms with van der Waals surface area (Å²) in [4.78, 5) is 26.0. The van der Waals surface area contributed by atoms with E-state index in [9.17, 15) is 9.59 Å². The first kappa shape index (κ1) is 16.9. The van der Waals surface area contributed by atoms with Gasteiger partial charge in [-0.3, -0.25) is 9.59 Å². The largest absolute Gasteiger partial charge is 0.481 e. The number of carboxylic acids is 1. The maximum absolute atomic E-state index is 11.7. The third-order valence-electron chi connectivity index (χ3n) is 2.98. The maximum Gasteiger partial charge on any atom is 0.303 e. The Morgan fingerprint density at radius 3 is 1.94 bits per heavy atom. The van der Waals surface area contributed by atoms with Gasteiger partial charge in [-0.2, -0.15) is 0 Å². The Morgan fingerprint density at radius 1 is 1.00 bits per heavy atom. The number of nitrogens with zero attached hydrogens (tertiary/aromatic N) is 2. The lowest BCUT2D eigenvalue weighted by Gasteiger charge is -2.20. The second kappa shape index (κ2) is 9.88. The molecule has 0 unspecified atom stereocenters. The predicted molar refractivity (Wildman–Crippen MR) is 71.5 cm³/mol. The first-order valence-corrected chi connectivity index (χ1v) is 6.69. The van der Waals surface area contributed by atoms with Crippen LogP contribution >= 0.6 is 0 Å². The van der Waals surface area contributed by atoms with Crippen molar-refractivity contribution >= 4 is 11.9 Å².